The Labute approximate surface area is 173 Å². The van der Waals surface area contributed by atoms with Crippen LogP contribution in [0.25, 0.3) is 0 Å². The second-order valence-electron chi connectivity index (χ2n) is 5.52. The molecule has 0 fully saturated rings. The summed E-state index contributed by atoms with van der Waals surface area (Å²) in [7, 11) is 0. The number of halogens is 1. The van der Waals surface area contributed by atoms with Gasteiger partial charge in [-0.25, -0.2) is 5.43 Å². The molecule has 7 heteroatoms. The van der Waals surface area contributed by atoms with E-state index < -0.39 is 0 Å². The highest BCUT2D eigenvalue weighted by Gasteiger charge is 2.11. The van der Waals surface area contributed by atoms with Crippen LogP contribution < -0.4 is 19.6 Å². The van der Waals surface area contributed by atoms with Gasteiger partial charge in [-0.3, -0.25) is 4.79 Å². The molecule has 28 heavy (non-hydrogen) atoms. The molecule has 6 nitrogen and oxygen atoms in total. The van der Waals surface area contributed by atoms with E-state index in [-0.39, 0.29) is 5.91 Å². The van der Waals surface area contributed by atoms with Crippen molar-refractivity contribution >= 4 is 28.1 Å². The Morgan fingerprint density at radius 3 is 2.50 bits per heavy atom. The average Bonchev–Trinajstić information content (AvgIpc) is 2.68. The molecule has 2 aromatic rings. The number of hydrogen-bond donors (Lipinski definition) is 1. The summed E-state index contributed by atoms with van der Waals surface area (Å²) in [6.45, 7) is 8.88. The van der Waals surface area contributed by atoms with Crippen molar-refractivity contribution < 1.29 is 19.0 Å². The minimum atomic E-state index is -0.311. The Balaban J connectivity index is 2.08. The van der Waals surface area contributed by atoms with Crippen LogP contribution in [0, 0.1) is 0 Å². The van der Waals surface area contributed by atoms with Gasteiger partial charge in [-0.15, -0.1) is 0 Å². The first-order chi connectivity index (χ1) is 13.6. The molecular weight excluding hydrogens is 424 g/mol. The predicted molar refractivity (Wildman–Crippen MR) is 114 cm³/mol. The molecule has 1 N–H and O–H groups in total. The summed E-state index contributed by atoms with van der Waals surface area (Å²) >= 11 is 3.48. The third-order valence-corrected chi connectivity index (χ3v) is 4.07. The third kappa shape index (κ3) is 6.13. The van der Waals surface area contributed by atoms with Gasteiger partial charge in [-0.05, 0) is 71.7 Å². The number of carbonyl (C=O) groups is 1. The summed E-state index contributed by atoms with van der Waals surface area (Å²) < 4.78 is 17.4. The molecule has 2 aromatic carbocycles. The first-order valence-corrected chi connectivity index (χ1v) is 9.64. The Kier molecular flexibility index (Phi) is 8.55. The molecule has 148 valence electrons. The molecule has 1 amide bonds. The van der Waals surface area contributed by atoms with E-state index in [4.69, 9.17) is 14.2 Å². The summed E-state index contributed by atoms with van der Waals surface area (Å²) in [6.07, 6.45) is 3.20. The van der Waals surface area contributed by atoms with Crippen molar-refractivity contribution in [3.63, 3.8) is 0 Å². The van der Waals surface area contributed by atoms with Crippen molar-refractivity contribution in [3.05, 3.63) is 64.7 Å². The van der Waals surface area contributed by atoms with Gasteiger partial charge in [0.05, 0.1) is 23.9 Å². The fourth-order valence-electron chi connectivity index (χ4n) is 2.31. The highest BCUT2D eigenvalue weighted by atomic mass is 79.9. The van der Waals surface area contributed by atoms with E-state index in [1.807, 2.05) is 19.9 Å². The highest BCUT2D eigenvalue weighted by Crippen LogP contribution is 2.36. The van der Waals surface area contributed by atoms with E-state index in [1.165, 1.54) is 6.21 Å². The molecule has 0 bridgehead atoms. The molecule has 0 aromatic heterocycles. The van der Waals surface area contributed by atoms with Crippen LogP contribution in [0.5, 0.6) is 17.2 Å². The van der Waals surface area contributed by atoms with Gasteiger partial charge in [0.1, 0.15) is 12.4 Å². The first-order valence-electron chi connectivity index (χ1n) is 8.85. The lowest BCUT2D eigenvalue weighted by molar-refractivity contribution is 0.0955. The van der Waals surface area contributed by atoms with Crippen LogP contribution in [0.4, 0.5) is 0 Å². The Morgan fingerprint density at radius 2 is 1.86 bits per heavy atom. The molecule has 0 aliphatic carbocycles. The average molecular weight is 447 g/mol. The predicted octanol–water partition coefficient (Wildman–Crippen LogP) is 4.58. The van der Waals surface area contributed by atoms with E-state index in [0.29, 0.717) is 36.9 Å². The number of hydrazone groups is 1. The second kappa shape index (κ2) is 11.1. The van der Waals surface area contributed by atoms with Crippen molar-refractivity contribution in [1.82, 2.24) is 5.43 Å². The summed E-state index contributed by atoms with van der Waals surface area (Å²) in [4.78, 5) is 12.2. The molecule has 0 saturated heterocycles. The summed E-state index contributed by atoms with van der Waals surface area (Å²) in [6, 6.07) is 10.5. The molecule has 0 atom stereocenters. The van der Waals surface area contributed by atoms with Gasteiger partial charge < -0.3 is 14.2 Å². The SMILES string of the molecule is C=CCOc1c(Br)cc(/C=N\NC(=O)c2ccc(OCC)cc2)cc1OCC. The van der Waals surface area contributed by atoms with Gasteiger partial charge in [0.25, 0.3) is 5.91 Å². The molecule has 2 rings (SSSR count). The van der Waals surface area contributed by atoms with Crippen LogP contribution in [-0.4, -0.2) is 31.9 Å². The number of nitrogens with one attached hydrogen (secondary N) is 1. The zero-order chi connectivity index (χ0) is 20.4. The minimum absolute atomic E-state index is 0.311. The zero-order valence-electron chi connectivity index (χ0n) is 15.9. The maximum absolute atomic E-state index is 12.2. The second-order valence-corrected chi connectivity index (χ2v) is 6.37. The van der Waals surface area contributed by atoms with E-state index in [2.05, 4.69) is 33.0 Å². The molecule has 0 radical (unpaired) electrons. The van der Waals surface area contributed by atoms with Gasteiger partial charge in [-0.1, -0.05) is 12.7 Å². The molecule has 0 saturated carbocycles. The fourth-order valence-corrected chi connectivity index (χ4v) is 2.88. The van der Waals surface area contributed by atoms with Crippen molar-refractivity contribution in [2.45, 2.75) is 13.8 Å². The molecular formula is C21H23BrN2O4. The standard InChI is InChI=1S/C21H23BrN2O4/c1-4-11-28-20-18(22)12-15(13-19(20)27-6-3)14-23-24-21(25)16-7-9-17(10-8-16)26-5-2/h4,7-10,12-14H,1,5-6,11H2,2-3H3,(H,24,25)/b23-14-. The van der Waals surface area contributed by atoms with Crippen LogP contribution in [0.1, 0.15) is 29.8 Å². The molecule has 0 heterocycles. The maximum Gasteiger partial charge on any atom is 0.271 e. The number of hydrogen-bond acceptors (Lipinski definition) is 5. The van der Waals surface area contributed by atoms with Crippen LogP contribution in [0.15, 0.2) is 58.6 Å². The topological polar surface area (TPSA) is 69.2 Å². The third-order valence-electron chi connectivity index (χ3n) is 3.48. The molecule has 0 aliphatic heterocycles. The van der Waals surface area contributed by atoms with E-state index in [1.54, 1.807) is 36.4 Å². The van der Waals surface area contributed by atoms with Crippen LogP contribution in [-0.2, 0) is 0 Å². The van der Waals surface area contributed by atoms with E-state index in [9.17, 15) is 4.79 Å². The Bertz CT molecular complexity index is 835. The number of rotatable bonds is 10. The monoisotopic (exact) mass is 446 g/mol. The number of carbonyl (C=O) groups excluding carboxylic acids is 1. The van der Waals surface area contributed by atoms with Gasteiger partial charge in [0, 0.05) is 5.56 Å². The minimum Gasteiger partial charge on any atom is -0.494 e. The molecule has 0 aliphatic rings. The van der Waals surface area contributed by atoms with E-state index >= 15 is 0 Å². The number of nitrogens with zero attached hydrogens (tertiary/aromatic N) is 1. The number of ether oxygens (including phenoxy) is 3. The maximum atomic E-state index is 12.2. The van der Waals surface area contributed by atoms with Crippen LogP contribution in [0.3, 0.4) is 0 Å². The Morgan fingerprint density at radius 1 is 1.14 bits per heavy atom. The Hall–Kier alpha value is -2.80. The fraction of sp³-hybridized carbons (Fsp3) is 0.238. The van der Waals surface area contributed by atoms with Crippen molar-refractivity contribution in [3.8, 4) is 17.2 Å². The van der Waals surface area contributed by atoms with Crippen LogP contribution in [0.2, 0.25) is 0 Å². The highest BCUT2D eigenvalue weighted by molar-refractivity contribution is 9.10. The molecule has 0 spiro atoms. The first kappa shape index (κ1) is 21.5. The quantitative estimate of drug-likeness (QED) is 0.329. The van der Waals surface area contributed by atoms with E-state index in [0.717, 1.165) is 15.8 Å². The van der Waals surface area contributed by atoms with Crippen molar-refractivity contribution in [2.24, 2.45) is 5.10 Å². The van der Waals surface area contributed by atoms with Gasteiger partial charge in [0.2, 0.25) is 0 Å². The van der Waals surface area contributed by atoms with Gasteiger partial charge in [-0.2, -0.15) is 5.10 Å². The van der Waals surface area contributed by atoms with Gasteiger partial charge >= 0.3 is 0 Å². The lowest BCUT2D eigenvalue weighted by Gasteiger charge is -2.13. The van der Waals surface area contributed by atoms with Crippen LogP contribution >= 0.6 is 15.9 Å². The van der Waals surface area contributed by atoms with Gasteiger partial charge in [0.15, 0.2) is 11.5 Å². The summed E-state index contributed by atoms with van der Waals surface area (Å²) in [5.74, 6) is 1.58. The lowest BCUT2D eigenvalue weighted by Crippen LogP contribution is -2.17. The lowest BCUT2D eigenvalue weighted by atomic mass is 10.2. The van der Waals surface area contributed by atoms with Crippen molar-refractivity contribution in [1.29, 1.82) is 0 Å². The largest absolute Gasteiger partial charge is 0.494 e. The number of amides is 1. The smallest absolute Gasteiger partial charge is 0.271 e. The normalized spacial score (nSPS) is 10.5. The summed E-state index contributed by atoms with van der Waals surface area (Å²) in [5, 5.41) is 4.02. The number of benzene rings is 2. The summed E-state index contributed by atoms with van der Waals surface area (Å²) in [5.41, 5.74) is 3.74. The molecule has 0 unspecified atom stereocenters. The zero-order valence-corrected chi connectivity index (χ0v) is 17.5. The van der Waals surface area contributed by atoms with Crippen molar-refractivity contribution in [2.75, 3.05) is 19.8 Å².